The van der Waals surface area contributed by atoms with Crippen LogP contribution in [0.25, 0.3) is 11.3 Å². The predicted molar refractivity (Wildman–Crippen MR) is 79.6 cm³/mol. The van der Waals surface area contributed by atoms with Gasteiger partial charge in [-0.2, -0.15) is 5.10 Å². The van der Waals surface area contributed by atoms with Gasteiger partial charge in [-0.05, 0) is 18.1 Å². The summed E-state index contributed by atoms with van der Waals surface area (Å²) >= 11 is 0. The van der Waals surface area contributed by atoms with Crippen LogP contribution < -0.4 is 0 Å². The average molecular weight is 303 g/mol. The van der Waals surface area contributed by atoms with Crippen LogP contribution in [0.1, 0.15) is 12.0 Å². The van der Waals surface area contributed by atoms with Crippen molar-refractivity contribution in [3.63, 3.8) is 0 Å². The van der Waals surface area contributed by atoms with Crippen LogP contribution in [0.3, 0.4) is 0 Å². The molecule has 3 rings (SSSR count). The van der Waals surface area contributed by atoms with E-state index in [-0.39, 0.29) is 18.2 Å². The van der Waals surface area contributed by atoms with Crippen LogP contribution in [0.4, 0.5) is 4.39 Å². The molecule has 5 nitrogen and oxygen atoms in total. The summed E-state index contributed by atoms with van der Waals surface area (Å²) in [6.07, 6.45) is 2.16. The monoisotopic (exact) mass is 303 g/mol. The number of benzene rings is 1. The molecule has 1 aliphatic heterocycles. The average Bonchev–Trinajstić information content (AvgIpc) is 2.77. The predicted octanol–water partition coefficient (Wildman–Crippen LogP) is 2.13. The van der Waals surface area contributed by atoms with Crippen molar-refractivity contribution in [3.05, 3.63) is 41.8 Å². The van der Waals surface area contributed by atoms with E-state index < -0.39 is 5.97 Å². The third-order valence-electron chi connectivity index (χ3n) is 3.89. The van der Waals surface area contributed by atoms with Crippen LogP contribution in [0.15, 0.2) is 30.5 Å². The van der Waals surface area contributed by atoms with Crippen LogP contribution in [0, 0.1) is 11.7 Å². The molecular formula is C16H18FN3O2. The Morgan fingerprint density at radius 3 is 2.91 bits per heavy atom. The van der Waals surface area contributed by atoms with E-state index in [1.807, 2.05) is 19.3 Å². The molecule has 1 aliphatic rings. The SMILES string of the molecule is Cn1cc(CN2CC(CC(=O)O)C2)c(-c2cccc(F)c2)n1. The zero-order valence-corrected chi connectivity index (χ0v) is 12.4. The van der Waals surface area contributed by atoms with Gasteiger partial charge in [0, 0.05) is 44.0 Å². The molecule has 0 aliphatic carbocycles. The lowest BCUT2D eigenvalue weighted by molar-refractivity contribution is -0.139. The topological polar surface area (TPSA) is 58.4 Å². The Hall–Kier alpha value is -2.21. The lowest BCUT2D eigenvalue weighted by Gasteiger charge is -2.38. The van der Waals surface area contributed by atoms with E-state index in [1.165, 1.54) is 12.1 Å². The Kier molecular flexibility index (Phi) is 3.94. The summed E-state index contributed by atoms with van der Waals surface area (Å²) in [6.45, 7) is 2.27. The maximum Gasteiger partial charge on any atom is 0.303 e. The third-order valence-corrected chi connectivity index (χ3v) is 3.89. The number of aryl methyl sites for hydroxylation is 1. The summed E-state index contributed by atoms with van der Waals surface area (Å²) in [4.78, 5) is 12.9. The molecule has 116 valence electrons. The molecule has 22 heavy (non-hydrogen) atoms. The van der Waals surface area contributed by atoms with Crippen molar-refractivity contribution in [1.82, 2.24) is 14.7 Å². The van der Waals surface area contributed by atoms with Gasteiger partial charge in [0.25, 0.3) is 0 Å². The molecule has 1 fully saturated rings. The summed E-state index contributed by atoms with van der Waals surface area (Å²) in [6, 6.07) is 6.42. The summed E-state index contributed by atoms with van der Waals surface area (Å²) in [5.41, 5.74) is 2.57. The van der Waals surface area contributed by atoms with Crippen molar-refractivity contribution in [2.24, 2.45) is 13.0 Å². The molecule has 0 amide bonds. The fourth-order valence-electron chi connectivity index (χ4n) is 2.95. The number of aliphatic carboxylic acids is 1. The highest BCUT2D eigenvalue weighted by Gasteiger charge is 2.29. The molecule has 6 heteroatoms. The first-order chi connectivity index (χ1) is 10.5. The van der Waals surface area contributed by atoms with Gasteiger partial charge in [0.15, 0.2) is 0 Å². The minimum atomic E-state index is -0.744. The number of halogens is 1. The number of carboxylic acids is 1. The van der Waals surface area contributed by atoms with E-state index >= 15 is 0 Å². The first-order valence-corrected chi connectivity index (χ1v) is 7.24. The number of carboxylic acid groups (broad SMARTS) is 1. The summed E-state index contributed by atoms with van der Waals surface area (Å²) < 4.78 is 15.1. The highest BCUT2D eigenvalue weighted by molar-refractivity contribution is 5.67. The first kappa shape index (κ1) is 14.7. The number of hydrogen-bond donors (Lipinski definition) is 1. The third kappa shape index (κ3) is 3.17. The van der Waals surface area contributed by atoms with Crippen molar-refractivity contribution in [3.8, 4) is 11.3 Å². The highest BCUT2D eigenvalue weighted by Crippen LogP contribution is 2.27. The van der Waals surface area contributed by atoms with Gasteiger partial charge in [0.1, 0.15) is 5.82 Å². The smallest absolute Gasteiger partial charge is 0.303 e. The molecule has 0 saturated carbocycles. The molecule has 1 aromatic carbocycles. The van der Waals surface area contributed by atoms with Gasteiger partial charge >= 0.3 is 5.97 Å². The molecular weight excluding hydrogens is 285 g/mol. The van der Waals surface area contributed by atoms with Gasteiger partial charge in [0.05, 0.1) is 12.1 Å². The highest BCUT2D eigenvalue weighted by atomic mass is 19.1. The number of nitrogens with zero attached hydrogens (tertiary/aromatic N) is 3. The van der Waals surface area contributed by atoms with Crippen molar-refractivity contribution in [2.45, 2.75) is 13.0 Å². The molecule has 0 radical (unpaired) electrons. The molecule has 0 atom stereocenters. The largest absolute Gasteiger partial charge is 0.481 e. The molecule has 1 N–H and O–H groups in total. The number of aromatic nitrogens is 2. The van der Waals surface area contributed by atoms with Crippen molar-refractivity contribution in [2.75, 3.05) is 13.1 Å². The molecule has 1 aromatic heterocycles. The maximum atomic E-state index is 13.4. The first-order valence-electron chi connectivity index (χ1n) is 7.24. The quantitative estimate of drug-likeness (QED) is 0.919. The van der Waals surface area contributed by atoms with Crippen LogP contribution >= 0.6 is 0 Å². The van der Waals surface area contributed by atoms with Gasteiger partial charge in [-0.1, -0.05) is 12.1 Å². The van der Waals surface area contributed by atoms with E-state index in [0.717, 1.165) is 29.9 Å². The second-order valence-corrected chi connectivity index (χ2v) is 5.84. The second-order valence-electron chi connectivity index (χ2n) is 5.84. The lowest BCUT2D eigenvalue weighted by atomic mass is 9.95. The number of likely N-dealkylation sites (tertiary alicyclic amines) is 1. The van der Waals surface area contributed by atoms with E-state index in [9.17, 15) is 9.18 Å². The van der Waals surface area contributed by atoms with Gasteiger partial charge in [-0.25, -0.2) is 4.39 Å². The zero-order chi connectivity index (χ0) is 15.7. The van der Waals surface area contributed by atoms with E-state index in [0.29, 0.717) is 6.54 Å². The number of rotatable bonds is 5. The summed E-state index contributed by atoms with van der Waals surface area (Å²) in [5.74, 6) is -0.794. The molecule has 2 aromatic rings. The van der Waals surface area contributed by atoms with Gasteiger partial charge < -0.3 is 5.11 Å². The van der Waals surface area contributed by atoms with E-state index in [2.05, 4.69) is 10.00 Å². The minimum Gasteiger partial charge on any atom is -0.481 e. The molecule has 0 unspecified atom stereocenters. The fourth-order valence-corrected chi connectivity index (χ4v) is 2.95. The van der Waals surface area contributed by atoms with Crippen molar-refractivity contribution < 1.29 is 14.3 Å². The molecule has 1 saturated heterocycles. The minimum absolute atomic E-state index is 0.223. The van der Waals surface area contributed by atoms with Crippen LogP contribution in [0.5, 0.6) is 0 Å². The Labute approximate surface area is 128 Å². The van der Waals surface area contributed by atoms with Crippen molar-refractivity contribution >= 4 is 5.97 Å². The normalized spacial score (nSPS) is 15.7. The van der Waals surface area contributed by atoms with Crippen LogP contribution in [-0.2, 0) is 18.4 Å². The second kappa shape index (κ2) is 5.88. The van der Waals surface area contributed by atoms with Crippen LogP contribution in [0.2, 0.25) is 0 Å². The Balaban J connectivity index is 1.72. The Morgan fingerprint density at radius 1 is 1.45 bits per heavy atom. The van der Waals surface area contributed by atoms with E-state index in [1.54, 1.807) is 10.7 Å². The molecule has 2 heterocycles. The number of hydrogen-bond acceptors (Lipinski definition) is 3. The molecule has 0 bridgehead atoms. The zero-order valence-electron chi connectivity index (χ0n) is 12.4. The fraction of sp³-hybridized carbons (Fsp3) is 0.375. The lowest BCUT2D eigenvalue weighted by Crippen LogP contribution is -2.46. The van der Waals surface area contributed by atoms with E-state index in [4.69, 9.17) is 5.11 Å². The van der Waals surface area contributed by atoms with Gasteiger partial charge in [-0.15, -0.1) is 0 Å². The Bertz CT molecular complexity index is 692. The van der Waals surface area contributed by atoms with Gasteiger partial charge in [0.2, 0.25) is 0 Å². The van der Waals surface area contributed by atoms with Gasteiger partial charge in [-0.3, -0.25) is 14.4 Å². The standard InChI is InChI=1S/C16H18FN3O2/c1-19-9-13(10-20-7-11(8-20)5-15(21)22)16(18-19)12-3-2-4-14(17)6-12/h2-4,6,9,11H,5,7-8,10H2,1H3,(H,21,22). The maximum absolute atomic E-state index is 13.4. The number of carbonyl (C=O) groups is 1. The summed E-state index contributed by atoms with van der Waals surface area (Å²) in [5, 5.41) is 13.2. The van der Waals surface area contributed by atoms with Crippen LogP contribution in [-0.4, -0.2) is 38.8 Å². The van der Waals surface area contributed by atoms with Crippen molar-refractivity contribution in [1.29, 1.82) is 0 Å². The molecule has 0 spiro atoms. The summed E-state index contributed by atoms with van der Waals surface area (Å²) in [7, 11) is 1.84. The Morgan fingerprint density at radius 2 is 2.23 bits per heavy atom.